The van der Waals surface area contributed by atoms with Crippen LogP contribution < -0.4 is 5.32 Å². The zero-order valence-corrected chi connectivity index (χ0v) is 11.1. The summed E-state index contributed by atoms with van der Waals surface area (Å²) in [5.74, 6) is -0.0901. The summed E-state index contributed by atoms with van der Waals surface area (Å²) >= 11 is 0. The van der Waals surface area contributed by atoms with Gasteiger partial charge >= 0.3 is 0 Å². The molecule has 0 heterocycles. The van der Waals surface area contributed by atoms with Gasteiger partial charge in [0.25, 0.3) is 0 Å². The molecule has 1 saturated carbocycles. The lowest BCUT2D eigenvalue weighted by atomic mass is 9.92. The molecular weight excluding hydrogens is 218 g/mol. The van der Waals surface area contributed by atoms with Crippen LogP contribution in [-0.2, 0) is 4.79 Å². The van der Waals surface area contributed by atoms with Gasteiger partial charge in [-0.15, -0.1) is 0 Å². The Labute approximate surface area is 103 Å². The van der Waals surface area contributed by atoms with Crippen LogP contribution in [0.1, 0.15) is 52.9 Å². The van der Waals surface area contributed by atoms with Gasteiger partial charge in [0.05, 0.1) is 17.6 Å². The van der Waals surface area contributed by atoms with Crippen molar-refractivity contribution in [2.45, 2.75) is 64.1 Å². The lowest BCUT2D eigenvalue weighted by Gasteiger charge is -2.29. The van der Waals surface area contributed by atoms with E-state index in [0.29, 0.717) is 12.8 Å². The summed E-state index contributed by atoms with van der Waals surface area (Å²) in [7, 11) is 0. The van der Waals surface area contributed by atoms with E-state index in [4.69, 9.17) is 0 Å². The highest BCUT2D eigenvalue weighted by Gasteiger charge is 2.34. The summed E-state index contributed by atoms with van der Waals surface area (Å²) in [5.41, 5.74) is -1.71. The molecule has 0 aromatic rings. The number of amides is 1. The maximum Gasteiger partial charge on any atom is 0.222 e. The molecule has 1 aliphatic rings. The van der Waals surface area contributed by atoms with Crippen molar-refractivity contribution in [1.29, 1.82) is 0 Å². The van der Waals surface area contributed by atoms with Crippen LogP contribution in [0.5, 0.6) is 0 Å². The first kappa shape index (κ1) is 14.5. The molecule has 1 rings (SSSR count). The fourth-order valence-corrected chi connectivity index (χ4v) is 2.05. The Bertz CT molecular complexity index is 268. The fraction of sp³-hybridized carbons (Fsp3) is 0.923. The normalized spacial score (nSPS) is 22.5. The number of carbonyl (C=O) groups excluding carboxylic acids is 1. The highest BCUT2D eigenvalue weighted by atomic mass is 16.3. The second-order valence-electron chi connectivity index (χ2n) is 5.90. The molecule has 1 amide bonds. The van der Waals surface area contributed by atoms with Gasteiger partial charge in [0.2, 0.25) is 5.91 Å². The predicted octanol–water partition coefficient (Wildman–Crippen LogP) is 1.20. The van der Waals surface area contributed by atoms with Crippen molar-refractivity contribution < 1.29 is 15.0 Å². The first-order valence-corrected chi connectivity index (χ1v) is 6.47. The maximum atomic E-state index is 11.7. The van der Waals surface area contributed by atoms with Crippen LogP contribution in [0.15, 0.2) is 0 Å². The van der Waals surface area contributed by atoms with Gasteiger partial charge in [-0.1, -0.05) is 26.7 Å². The van der Waals surface area contributed by atoms with Crippen molar-refractivity contribution in [3.63, 3.8) is 0 Å². The highest BCUT2D eigenvalue weighted by Crippen LogP contribution is 2.32. The first-order valence-electron chi connectivity index (χ1n) is 6.47. The molecule has 1 atom stereocenters. The van der Waals surface area contributed by atoms with E-state index in [1.54, 1.807) is 6.92 Å². The predicted molar refractivity (Wildman–Crippen MR) is 66.5 cm³/mol. The molecule has 3 N–H and O–H groups in total. The number of nitrogens with one attached hydrogen (secondary N) is 1. The lowest BCUT2D eigenvalue weighted by Crippen LogP contribution is -2.45. The van der Waals surface area contributed by atoms with Crippen molar-refractivity contribution >= 4 is 5.91 Å². The molecule has 4 heteroatoms. The van der Waals surface area contributed by atoms with Crippen LogP contribution in [0.4, 0.5) is 0 Å². The molecule has 0 radical (unpaired) electrons. The van der Waals surface area contributed by atoms with Gasteiger partial charge in [-0.3, -0.25) is 4.79 Å². The fourth-order valence-electron chi connectivity index (χ4n) is 2.05. The van der Waals surface area contributed by atoms with Crippen molar-refractivity contribution in [1.82, 2.24) is 5.32 Å². The Kier molecular flexibility index (Phi) is 4.55. The highest BCUT2D eigenvalue weighted by molar-refractivity contribution is 5.77. The van der Waals surface area contributed by atoms with Gasteiger partial charge in [0.1, 0.15) is 0 Å². The Balaban J connectivity index is 2.35. The molecule has 0 aromatic carbocycles. The van der Waals surface area contributed by atoms with Crippen LogP contribution in [0, 0.1) is 5.92 Å². The molecule has 1 unspecified atom stereocenters. The first-order chi connectivity index (χ1) is 7.75. The monoisotopic (exact) mass is 243 g/mol. The van der Waals surface area contributed by atoms with Gasteiger partial charge in [0, 0.05) is 6.54 Å². The Morgan fingerprint density at radius 2 is 1.94 bits per heavy atom. The molecule has 17 heavy (non-hydrogen) atoms. The minimum absolute atomic E-state index is 0.0809. The van der Waals surface area contributed by atoms with Gasteiger partial charge in [-0.05, 0) is 25.7 Å². The van der Waals surface area contributed by atoms with E-state index in [0.717, 1.165) is 12.8 Å². The van der Waals surface area contributed by atoms with Crippen molar-refractivity contribution in [3.05, 3.63) is 0 Å². The third-order valence-corrected chi connectivity index (χ3v) is 3.91. The molecule has 1 aliphatic carbocycles. The number of aliphatic hydroxyl groups is 2. The van der Waals surface area contributed by atoms with E-state index in [2.05, 4.69) is 5.32 Å². The molecule has 100 valence electrons. The van der Waals surface area contributed by atoms with Crippen LogP contribution >= 0.6 is 0 Å². The van der Waals surface area contributed by atoms with Crippen molar-refractivity contribution in [2.24, 2.45) is 5.92 Å². The average molecular weight is 243 g/mol. The Hall–Kier alpha value is -0.610. The van der Waals surface area contributed by atoms with Gasteiger partial charge in [-0.2, -0.15) is 0 Å². The molecule has 0 spiro atoms. The van der Waals surface area contributed by atoms with Crippen LogP contribution in [0.3, 0.4) is 0 Å². The van der Waals surface area contributed by atoms with Crippen LogP contribution in [0.25, 0.3) is 0 Å². The largest absolute Gasteiger partial charge is 0.389 e. The Morgan fingerprint density at radius 1 is 1.41 bits per heavy atom. The lowest BCUT2D eigenvalue weighted by molar-refractivity contribution is -0.127. The molecule has 0 aliphatic heterocycles. The van der Waals surface area contributed by atoms with Crippen LogP contribution in [0.2, 0.25) is 0 Å². The topological polar surface area (TPSA) is 69.6 Å². The van der Waals surface area contributed by atoms with Gasteiger partial charge in [0.15, 0.2) is 0 Å². The minimum atomic E-state index is -0.895. The summed E-state index contributed by atoms with van der Waals surface area (Å²) in [6.45, 7) is 5.77. The van der Waals surface area contributed by atoms with E-state index < -0.39 is 11.2 Å². The van der Waals surface area contributed by atoms with E-state index >= 15 is 0 Å². The quantitative estimate of drug-likeness (QED) is 0.679. The molecule has 4 nitrogen and oxygen atoms in total. The zero-order chi connectivity index (χ0) is 13.1. The summed E-state index contributed by atoms with van der Waals surface area (Å²) in [5, 5.41) is 22.8. The third kappa shape index (κ3) is 4.28. The van der Waals surface area contributed by atoms with E-state index in [1.807, 2.05) is 13.8 Å². The standard InChI is InChI=1S/C13H25NO3/c1-10(2)12(3,16)9-14-11(15)8-13(17)6-4-5-7-13/h10,16-17H,4-9H2,1-3H3,(H,14,15). The summed E-state index contributed by atoms with van der Waals surface area (Å²) in [6, 6.07) is 0. The van der Waals surface area contributed by atoms with E-state index in [1.165, 1.54) is 0 Å². The van der Waals surface area contributed by atoms with Crippen molar-refractivity contribution in [2.75, 3.05) is 6.54 Å². The van der Waals surface area contributed by atoms with E-state index in [9.17, 15) is 15.0 Å². The number of hydrogen-bond donors (Lipinski definition) is 3. The summed E-state index contributed by atoms with van der Waals surface area (Å²) in [4.78, 5) is 11.7. The summed E-state index contributed by atoms with van der Waals surface area (Å²) < 4.78 is 0. The number of rotatable bonds is 5. The SMILES string of the molecule is CC(C)C(C)(O)CNC(=O)CC1(O)CCCC1. The van der Waals surface area contributed by atoms with Crippen molar-refractivity contribution in [3.8, 4) is 0 Å². The molecule has 0 saturated heterocycles. The number of carbonyl (C=O) groups is 1. The third-order valence-electron chi connectivity index (χ3n) is 3.91. The summed E-state index contributed by atoms with van der Waals surface area (Å²) in [6.07, 6.45) is 3.56. The molecule has 1 fully saturated rings. The second kappa shape index (κ2) is 5.36. The molecule has 0 aromatic heterocycles. The molecular formula is C13H25NO3. The maximum absolute atomic E-state index is 11.7. The smallest absolute Gasteiger partial charge is 0.222 e. The second-order valence-corrected chi connectivity index (χ2v) is 5.90. The van der Waals surface area contributed by atoms with Gasteiger partial charge < -0.3 is 15.5 Å². The van der Waals surface area contributed by atoms with Crippen LogP contribution in [-0.4, -0.2) is 33.9 Å². The number of hydrogen-bond acceptors (Lipinski definition) is 3. The van der Waals surface area contributed by atoms with Gasteiger partial charge in [-0.25, -0.2) is 0 Å². The zero-order valence-electron chi connectivity index (χ0n) is 11.1. The Morgan fingerprint density at radius 3 is 2.41 bits per heavy atom. The minimum Gasteiger partial charge on any atom is -0.389 e. The van der Waals surface area contributed by atoms with E-state index in [-0.39, 0.29) is 24.8 Å². The molecule has 0 bridgehead atoms. The average Bonchev–Trinajstić information content (AvgIpc) is 2.62.